The van der Waals surface area contributed by atoms with Crippen molar-refractivity contribution in [3.8, 4) is 23.0 Å². The zero-order chi connectivity index (χ0) is 17.9. The molecule has 128 valence electrons. The van der Waals surface area contributed by atoms with Gasteiger partial charge < -0.3 is 4.52 Å². The molecular formula is C21H17N3O2. The molecular weight excluding hydrogens is 326 g/mol. The van der Waals surface area contributed by atoms with Crippen LogP contribution in [0.2, 0.25) is 0 Å². The highest BCUT2D eigenvalue weighted by Gasteiger charge is 2.15. The van der Waals surface area contributed by atoms with Crippen molar-refractivity contribution in [1.82, 2.24) is 14.7 Å². The summed E-state index contributed by atoms with van der Waals surface area (Å²) >= 11 is 0. The Labute approximate surface area is 150 Å². The van der Waals surface area contributed by atoms with Gasteiger partial charge in [-0.15, -0.1) is 0 Å². The van der Waals surface area contributed by atoms with Gasteiger partial charge in [0.15, 0.2) is 0 Å². The van der Waals surface area contributed by atoms with Crippen LogP contribution in [0.25, 0.3) is 23.0 Å². The van der Waals surface area contributed by atoms with Crippen molar-refractivity contribution in [1.29, 1.82) is 0 Å². The van der Waals surface area contributed by atoms with E-state index in [2.05, 4.69) is 10.1 Å². The first-order valence-electron chi connectivity index (χ1n) is 8.36. The zero-order valence-corrected chi connectivity index (χ0v) is 14.3. The smallest absolute Gasteiger partial charge is 0.274 e. The molecule has 0 spiro atoms. The molecule has 0 radical (unpaired) electrons. The van der Waals surface area contributed by atoms with E-state index in [1.54, 1.807) is 10.6 Å². The zero-order valence-electron chi connectivity index (χ0n) is 14.3. The molecule has 0 atom stereocenters. The molecule has 26 heavy (non-hydrogen) atoms. The first kappa shape index (κ1) is 16.0. The van der Waals surface area contributed by atoms with Crippen molar-refractivity contribution >= 4 is 0 Å². The summed E-state index contributed by atoms with van der Waals surface area (Å²) in [5, 5.41) is 4.06. The van der Waals surface area contributed by atoms with Gasteiger partial charge >= 0.3 is 0 Å². The van der Waals surface area contributed by atoms with Crippen LogP contribution in [0.5, 0.6) is 0 Å². The molecule has 0 saturated heterocycles. The van der Waals surface area contributed by atoms with Crippen molar-refractivity contribution in [3.05, 3.63) is 94.3 Å². The lowest BCUT2D eigenvalue weighted by Crippen LogP contribution is -2.21. The molecule has 0 bridgehead atoms. The highest BCUT2D eigenvalue weighted by atomic mass is 16.5. The minimum Gasteiger partial charge on any atom is -0.332 e. The lowest BCUT2D eigenvalue weighted by molar-refractivity contribution is 0.428. The van der Waals surface area contributed by atoms with Gasteiger partial charge in [-0.3, -0.25) is 9.36 Å². The maximum atomic E-state index is 12.5. The van der Waals surface area contributed by atoms with Crippen LogP contribution < -0.4 is 5.56 Å². The summed E-state index contributed by atoms with van der Waals surface area (Å²) in [5.41, 5.74) is 3.57. The number of hydrogen-bond donors (Lipinski definition) is 0. The first-order valence-corrected chi connectivity index (χ1v) is 8.36. The van der Waals surface area contributed by atoms with Crippen molar-refractivity contribution in [2.24, 2.45) is 0 Å². The Kier molecular flexibility index (Phi) is 4.19. The van der Waals surface area contributed by atoms with Gasteiger partial charge in [0.25, 0.3) is 11.4 Å². The second-order valence-corrected chi connectivity index (χ2v) is 6.05. The maximum Gasteiger partial charge on any atom is 0.274 e. The Morgan fingerprint density at radius 1 is 0.923 bits per heavy atom. The Morgan fingerprint density at radius 3 is 2.50 bits per heavy atom. The highest BCUT2D eigenvalue weighted by molar-refractivity contribution is 5.57. The fourth-order valence-electron chi connectivity index (χ4n) is 2.86. The summed E-state index contributed by atoms with van der Waals surface area (Å²) in [4.78, 5) is 17.0. The Morgan fingerprint density at radius 2 is 1.69 bits per heavy atom. The third-order valence-electron chi connectivity index (χ3n) is 4.32. The Balaban J connectivity index is 1.76. The Hall–Kier alpha value is -3.47. The summed E-state index contributed by atoms with van der Waals surface area (Å²) in [6.07, 6.45) is 0. The predicted molar refractivity (Wildman–Crippen MR) is 99.7 cm³/mol. The second kappa shape index (κ2) is 6.80. The van der Waals surface area contributed by atoms with Crippen LogP contribution in [0.3, 0.4) is 0 Å². The molecule has 0 N–H and O–H groups in total. The molecule has 0 aliphatic carbocycles. The lowest BCUT2D eigenvalue weighted by Gasteiger charge is -2.11. The van der Waals surface area contributed by atoms with Crippen LogP contribution in [0.4, 0.5) is 0 Å². The standard InChI is InChI=1S/C21H17N3O2/c1-15-8-5-6-11-17(15)14-24-18(12-7-13-19(24)25)21-22-20(23-26-21)16-9-3-2-4-10-16/h2-13H,14H2,1H3. The highest BCUT2D eigenvalue weighted by Crippen LogP contribution is 2.22. The molecule has 0 amide bonds. The van der Waals surface area contributed by atoms with Gasteiger partial charge in [0.05, 0.1) is 6.54 Å². The van der Waals surface area contributed by atoms with Gasteiger partial charge in [0.2, 0.25) is 5.82 Å². The number of rotatable bonds is 4. The van der Waals surface area contributed by atoms with Gasteiger partial charge in [-0.25, -0.2) is 0 Å². The summed E-state index contributed by atoms with van der Waals surface area (Å²) in [6, 6.07) is 22.7. The molecule has 0 unspecified atom stereocenters. The minimum atomic E-state index is -0.106. The molecule has 5 heteroatoms. The molecule has 4 aromatic rings. The Bertz CT molecular complexity index is 1100. The quantitative estimate of drug-likeness (QED) is 0.563. The van der Waals surface area contributed by atoms with Crippen molar-refractivity contribution in [2.45, 2.75) is 13.5 Å². The minimum absolute atomic E-state index is 0.106. The van der Waals surface area contributed by atoms with Crippen LogP contribution in [-0.2, 0) is 6.54 Å². The van der Waals surface area contributed by atoms with Gasteiger partial charge in [-0.05, 0) is 24.1 Å². The average Bonchev–Trinajstić information content (AvgIpc) is 3.16. The number of aromatic nitrogens is 3. The third kappa shape index (κ3) is 3.07. The molecule has 2 heterocycles. The van der Waals surface area contributed by atoms with E-state index >= 15 is 0 Å². The van der Waals surface area contributed by atoms with Gasteiger partial charge in [0, 0.05) is 11.6 Å². The van der Waals surface area contributed by atoms with Crippen LogP contribution >= 0.6 is 0 Å². The van der Waals surface area contributed by atoms with Crippen LogP contribution in [-0.4, -0.2) is 14.7 Å². The third-order valence-corrected chi connectivity index (χ3v) is 4.32. The monoisotopic (exact) mass is 343 g/mol. The summed E-state index contributed by atoms with van der Waals surface area (Å²) in [7, 11) is 0. The number of hydrogen-bond acceptors (Lipinski definition) is 4. The largest absolute Gasteiger partial charge is 0.332 e. The van der Waals surface area contributed by atoms with Crippen molar-refractivity contribution in [3.63, 3.8) is 0 Å². The van der Waals surface area contributed by atoms with E-state index in [1.165, 1.54) is 6.07 Å². The average molecular weight is 343 g/mol. The van der Waals surface area contributed by atoms with E-state index in [0.29, 0.717) is 24.0 Å². The number of nitrogens with zero attached hydrogens (tertiary/aromatic N) is 3. The van der Waals surface area contributed by atoms with Crippen LogP contribution in [0, 0.1) is 6.92 Å². The van der Waals surface area contributed by atoms with E-state index in [9.17, 15) is 4.79 Å². The van der Waals surface area contributed by atoms with Gasteiger partial charge in [-0.1, -0.05) is 65.8 Å². The van der Waals surface area contributed by atoms with E-state index in [0.717, 1.165) is 16.7 Å². The number of aryl methyl sites for hydroxylation is 1. The SMILES string of the molecule is Cc1ccccc1Cn1c(-c2nc(-c3ccccc3)no2)cccc1=O. The van der Waals surface area contributed by atoms with E-state index in [1.807, 2.05) is 67.6 Å². The van der Waals surface area contributed by atoms with Crippen LogP contribution in [0.1, 0.15) is 11.1 Å². The number of pyridine rings is 1. The topological polar surface area (TPSA) is 60.9 Å². The van der Waals surface area contributed by atoms with Crippen molar-refractivity contribution < 1.29 is 4.52 Å². The molecule has 5 nitrogen and oxygen atoms in total. The molecule has 0 saturated carbocycles. The summed E-state index contributed by atoms with van der Waals surface area (Å²) in [6.45, 7) is 2.48. The summed E-state index contributed by atoms with van der Waals surface area (Å²) < 4.78 is 7.11. The first-order chi connectivity index (χ1) is 12.7. The fourth-order valence-corrected chi connectivity index (χ4v) is 2.86. The van der Waals surface area contributed by atoms with E-state index < -0.39 is 0 Å². The van der Waals surface area contributed by atoms with Crippen LogP contribution in [0.15, 0.2) is 82.1 Å². The normalized spacial score (nSPS) is 10.8. The summed E-state index contributed by atoms with van der Waals surface area (Å²) in [5.74, 6) is 0.828. The molecule has 4 rings (SSSR count). The molecule has 0 aliphatic rings. The molecule has 0 fully saturated rings. The maximum absolute atomic E-state index is 12.5. The van der Waals surface area contributed by atoms with E-state index in [-0.39, 0.29) is 5.56 Å². The molecule has 0 aliphatic heterocycles. The number of benzene rings is 2. The second-order valence-electron chi connectivity index (χ2n) is 6.05. The lowest BCUT2D eigenvalue weighted by atomic mass is 10.1. The molecule has 2 aromatic heterocycles. The van der Waals surface area contributed by atoms with Gasteiger partial charge in [0.1, 0.15) is 5.69 Å². The van der Waals surface area contributed by atoms with Crippen molar-refractivity contribution in [2.75, 3.05) is 0 Å². The fraction of sp³-hybridized carbons (Fsp3) is 0.0952. The molecule has 2 aromatic carbocycles. The van der Waals surface area contributed by atoms with E-state index in [4.69, 9.17) is 4.52 Å². The predicted octanol–water partition coefficient (Wildman–Crippen LogP) is 3.92. The van der Waals surface area contributed by atoms with Gasteiger partial charge in [-0.2, -0.15) is 4.98 Å².